The molecule has 0 aliphatic carbocycles. The van der Waals surface area contributed by atoms with E-state index in [4.69, 9.17) is 30.5 Å². The summed E-state index contributed by atoms with van der Waals surface area (Å²) < 4.78 is 24.7. The molecule has 13 nitrogen and oxygen atoms in total. The Morgan fingerprint density at radius 1 is 1.23 bits per heavy atom. The van der Waals surface area contributed by atoms with Gasteiger partial charge in [-0.15, -0.1) is 16.4 Å². The molecule has 0 spiro atoms. The van der Waals surface area contributed by atoms with Crippen LogP contribution < -0.4 is 0 Å². The molecule has 0 aromatic carbocycles. The molecular formula is C23H20BrClN6O7S2. The van der Waals surface area contributed by atoms with Gasteiger partial charge in [-0.05, 0) is 22.0 Å². The molecule has 0 bridgehead atoms. The Balaban J connectivity index is 1.79. The number of ether oxygens (including phenoxy) is 4. The van der Waals surface area contributed by atoms with Crippen molar-refractivity contribution >= 4 is 68.5 Å². The van der Waals surface area contributed by atoms with Crippen LogP contribution in [0, 0.1) is 11.3 Å². The molecular weight excluding hydrogens is 652 g/mol. The summed E-state index contributed by atoms with van der Waals surface area (Å²) in [7, 11) is 0. The van der Waals surface area contributed by atoms with Gasteiger partial charge in [-0.3, -0.25) is 14.4 Å². The van der Waals surface area contributed by atoms with Crippen molar-refractivity contribution in [2.75, 3.05) is 6.61 Å². The first kappa shape index (κ1) is 29.9. The van der Waals surface area contributed by atoms with Crippen LogP contribution in [0.2, 0.25) is 5.15 Å². The molecule has 210 valence electrons. The second-order valence-electron chi connectivity index (χ2n) is 8.27. The van der Waals surface area contributed by atoms with Crippen molar-refractivity contribution in [2.24, 2.45) is 0 Å². The smallest absolute Gasteiger partial charge is 0.303 e. The maximum atomic E-state index is 12.3. The average Bonchev–Trinajstić information content (AvgIpc) is 3.53. The number of nitriles is 1. The van der Waals surface area contributed by atoms with E-state index in [1.54, 1.807) is 17.6 Å². The van der Waals surface area contributed by atoms with E-state index in [0.717, 1.165) is 11.8 Å². The minimum absolute atomic E-state index is 0.184. The number of carbonyl (C=O) groups excluding carboxylic acids is 3. The topological polar surface area (TPSA) is 168 Å². The average molecular weight is 672 g/mol. The number of thiazole rings is 1. The summed E-state index contributed by atoms with van der Waals surface area (Å²) in [5.74, 6) is -1.85. The minimum Gasteiger partial charge on any atom is -0.463 e. The Labute approximate surface area is 249 Å². The Morgan fingerprint density at radius 2 is 1.95 bits per heavy atom. The van der Waals surface area contributed by atoms with E-state index in [-0.39, 0.29) is 17.5 Å². The van der Waals surface area contributed by atoms with Gasteiger partial charge in [-0.1, -0.05) is 28.6 Å². The molecule has 0 amide bonds. The fourth-order valence-electron chi connectivity index (χ4n) is 3.87. The van der Waals surface area contributed by atoms with Crippen LogP contribution in [0.3, 0.4) is 0 Å². The van der Waals surface area contributed by atoms with Gasteiger partial charge in [0.1, 0.15) is 46.1 Å². The zero-order valence-corrected chi connectivity index (χ0v) is 25.0. The van der Waals surface area contributed by atoms with Crippen LogP contribution in [0.5, 0.6) is 0 Å². The molecule has 1 aliphatic heterocycles. The number of aromatic nitrogens is 5. The molecule has 1 fully saturated rings. The molecule has 40 heavy (non-hydrogen) atoms. The largest absolute Gasteiger partial charge is 0.463 e. The standard InChI is InChI=1S/C23H20BrClN6O7S2/c1-10(32)35-8-17-20(36-11(2)33)19(31-7-16(29-30-31)22-28-18(25)9-39-22)21(37-12(3)34)23(38-17)40-13-4-14(24)15(5-26)27-6-13/h4,6-7,9,17,19-21,23H,8H2,1-3H3/t17-,19+,20+,21-,23-/m1/s1. The highest BCUT2D eigenvalue weighted by molar-refractivity contribution is 9.10. The second-order valence-corrected chi connectivity index (χ2v) is 11.5. The highest BCUT2D eigenvalue weighted by Gasteiger charge is 2.52. The lowest BCUT2D eigenvalue weighted by atomic mass is 9.96. The van der Waals surface area contributed by atoms with E-state index >= 15 is 0 Å². The number of esters is 3. The van der Waals surface area contributed by atoms with E-state index in [9.17, 15) is 19.6 Å². The third-order valence-corrected chi connectivity index (χ3v) is 8.26. The van der Waals surface area contributed by atoms with Gasteiger partial charge in [0.2, 0.25) is 0 Å². The highest BCUT2D eigenvalue weighted by Crippen LogP contribution is 2.42. The van der Waals surface area contributed by atoms with Gasteiger partial charge >= 0.3 is 17.9 Å². The van der Waals surface area contributed by atoms with Crippen molar-refractivity contribution in [1.29, 1.82) is 5.26 Å². The van der Waals surface area contributed by atoms with Crippen molar-refractivity contribution in [2.45, 2.75) is 55.5 Å². The zero-order chi connectivity index (χ0) is 29.0. The first-order valence-corrected chi connectivity index (χ1v) is 14.4. The second kappa shape index (κ2) is 13.0. The molecule has 4 heterocycles. The predicted molar refractivity (Wildman–Crippen MR) is 144 cm³/mol. The first-order chi connectivity index (χ1) is 19.0. The molecule has 0 saturated carbocycles. The molecule has 1 saturated heterocycles. The van der Waals surface area contributed by atoms with Crippen molar-refractivity contribution in [3.8, 4) is 16.8 Å². The fourth-order valence-corrected chi connectivity index (χ4v) is 6.47. The van der Waals surface area contributed by atoms with E-state index < -0.39 is 47.7 Å². The number of thioether (sulfide) groups is 1. The number of hydrogen-bond acceptors (Lipinski definition) is 14. The molecule has 1 aliphatic rings. The van der Waals surface area contributed by atoms with Crippen LogP contribution in [-0.4, -0.2) is 73.2 Å². The predicted octanol–water partition coefficient (Wildman–Crippen LogP) is 3.57. The van der Waals surface area contributed by atoms with Crippen LogP contribution in [0.1, 0.15) is 32.5 Å². The van der Waals surface area contributed by atoms with E-state index in [1.807, 2.05) is 6.07 Å². The number of nitrogens with zero attached hydrogens (tertiary/aromatic N) is 6. The van der Waals surface area contributed by atoms with Gasteiger partial charge < -0.3 is 18.9 Å². The zero-order valence-electron chi connectivity index (χ0n) is 21.0. The minimum atomic E-state index is -1.11. The molecule has 17 heteroatoms. The Bertz CT molecular complexity index is 1460. The van der Waals surface area contributed by atoms with Crippen LogP contribution in [-0.2, 0) is 33.3 Å². The summed E-state index contributed by atoms with van der Waals surface area (Å²) in [5.41, 5.74) is -0.360. The summed E-state index contributed by atoms with van der Waals surface area (Å²) in [6.45, 7) is 3.41. The van der Waals surface area contributed by atoms with Gasteiger partial charge in [0.25, 0.3) is 0 Å². The van der Waals surface area contributed by atoms with Gasteiger partial charge in [0.05, 0.1) is 10.7 Å². The number of pyridine rings is 1. The summed E-state index contributed by atoms with van der Waals surface area (Å²) in [5, 5.41) is 20.0. The van der Waals surface area contributed by atoms with E-state index in [0.29, 0.717) is 20.1 Å². The number of rotatable bonds is 8. The number of halogens is 2. The van der Waals surface area contributed by atoms with Crippen LogP contribution >= 0.6 is 50.6 Å². The van der Waals surface area contributed by atoms with Crippen molar-refractivity contribution < 1.29 is 33.3 Å². The maximum absolute atomic E-state index is 12.3. The van der Waals surface area contributed by atoms with Crippen molar-refractivity contribution in [3.05, 3.63) is 39.2 Å². The summed E-state index contributed by atoms with van der Waals surface area (Å²) in [4.78, 5) is 45.1. The monoisotopic (exact) mass is 670 g/mol. The maximum Gasteiger partial charge on any atom is 0.303 e. The van der Waals surface area contributed by atoms with Crippen molar-refractivity contribution in [3.63, 3.8) is 0 Å². The van der Waals surface area contributed by atoms with Gasteiger partial charge in [0, 0.05) is 37.2 Å². The molecule has 3 aromatic heterocycles. The lowest BCUT2D eigenvalue weighted by molar-refractivity contribution is -0.212. The SMILES string of the molecule is CC(=O)OC[C@H]1O[C@H](Sc2cnc(C#N)c(Br)c2)[C@H](OC(C)=O)[C@@H](n2cc(-c3nc(Cl)cs3)nn2)[C@H]1OC(C)=O. The van der Waals surface area contributed by atoms with Crippen molar-refractivity contribution in [1.82, 2.24) is 25.0 Å². The van der Waals surface area contributed by atoms with E-state index in [2.05, 4.69) is 36.2 Å². The van der Waals surface area contributed by atoms with Gasteiger partial charge in [-0.25, -0.2) is 14.6 Å². The normalized spacial score (nSPS) is 22.2. The third-order valence-electron chi connectivity index (χ3n) is 5.36. The van der Waals surface area contributed by atoms with Gasteiger partial charge in [0.15, 0.2) is 17.9 Å². The first-order valence-electron chi connectivity index (χ1n) is 11.4. The van der Waals surface area contributed by atoms with E-state index in [1.165, 1.54) is 43.0 Å². The quantitative estimate of drug-likeness (QED) is 0.252. The molecule has 5 atom stereocenters. The Morgan fingerprint density at radius 3 is 2.55 bits per heavy atom. The summed E-state index contributed by atoms with van der Waals surface area (Å²) >= 11 is 11.7. The fraction of sp³-hybridized carbons (Fsp3) is 0.391. The molecule has 0 unspecified atom stereocenters. The Hall–Kier alpha value is -3.10. The highest BCUT2D eigenvalue weighted by atomic mass is 79.9. The Kier molecular flexibility index (Phi) is 9.74. The van der Waals surface area contributed by atoms with Crippen LogP contribution in [0.25, 0.3) is 10.7 Å². The summed E-state index contributed by atoms with van der Waals surface area (Å²) in [6, 6.07) is 2.67. The third kappa shape index (κ3) is 7.15. The van der Waals surface area contributed by atoms with Gasteiger partial charge in [-0.2, -0.15) is 5.26 Å². The van der Waals surface area contributed by atoms with Crippen LogP contribution in [0.4, 0.5) is 0 Å². The number of carbonyl (C=O) groups is 3. The molecule has 0 radical (unpaired) electrons. The molecule has 0 N–H and O–H groups in total. The summed E-state index contributed by atoms with van der Waals surface area (Å²) in [6.07, 6.45) is -0.153. The lowest BCUT2D eigenvalue weighted by Crippen LogP contribution is -2.57. The molecule has 3 aromatic rings. The van der Waals surface area contributed by atoms with Crippen LogP contribution in [0.15, 0.2) is 33.2 Å². The lowest BCUT2D eigenvalue weighted by Gasteiger charge is -2.44. The number of hydrogen-bond donors (Lipinski definition) is 0. The molecule has 4 rings (SSSR count).